The van der Waals surface area contributed by atoms with Gasteiger partial charge in [0.25, 0.3) is 0 Å². The SMILES string of the molecule is CCN(CC1CCCC1)c1nc2c(cc1CN(Cc1cc(C(F)(F)F)cc(C(F)(F)F)c1)C(=O)OC)CCC2. The van der Waals surface area contributed by atoms with E-state index < -0.39 is 36.1 Å². The molecule has 0 spiro atoms. The Morgan fingerprint density at radius 1 is 0.949 bits per heavy atom. The molecule has 1 aromatic carbocycles. The predicted octanol–water partition coefficient (Wildman–Crippen LogP) is 7.39. The van der Waals surface area contributed by atoms with E-state index in [1.807, 2.05) is 13.0 Å². The van der Waals surface area contributed by atoms with Crippen LogP contribution < -0.4 is 4.90 Å². The zero-order valence-corrected chi connectivity index (χ0v) is 22.1. The highest BCUT2D eigenvalue weighted by molar-refractivity contribution is 5.68. The quantitative estimate of drug-likeness (QED) is 0.318. The summed E-state index contributed by atoms with van der Waals surface area (Å²) in [4.78, 5) is 21.0. The number of ether oxygens (including phenoxy) is 1. The molecule has 2 aliphatic carbocycles. The lowest BCUT2D eigenvalue weighted by atomic mass is 10.0. The summed E-state index contributed by atoms with van der Waals surface area (Å²) in [7, 11) is 1.13. The standard InChI is InChI=1S/C28H33F6N3O2/c1-3-36(15-18-7-4-5-8-18)25-21(13-20-9-6-10-24(20)35-25)17-37(26(38)39-2)16-19-11-22(27(29,30)31)14-23(12-19)28(32,33)34/h11-14,18H,3-10,15-17H2,1-2H3. The second-order valence-electron chi connectivity index (χ2n) is 10.4. The van der Waals surface area contributed by atoms with Gasteiger partial charge in [0.2, 0.25) is 0 Å². The van der Waals surface area contributed by atoms with E-state index >= 15 is 0 Å². The number of pyridine rings is 1. The number of aryl methyl sites for hydroxylation is 2. The Bertz CT molecular complexity index is 1140. The third kappa shape index (κ3) is 6.97. The van der Waals surface area contributed by atoms with Gasteiger partial charge in [0, 0.05) is 30.9 Å². The number of anilines is 1. The fourth-order valence-electron chi connectivity index (χ4n) is 5.62. The van der Waals surface area contributed by atoms with Crippen LogP contribution in [0.25, 0.3) is 0 Å². The molecule has 1 amide bonds. The molecule has 39 heavy (non-hydrogen) atoms. The number of carbonyl (C=O) groups excluding carboxylic acids is 1. The van der Waals surface area contributed by atoms with Crippen LogP contribution >= 0.6 is 0 Å². The number of halogens is 6. The highest BCUT2D eigenvalue weighted by Crippen LogP contribution is 2.37. The molecule has 1 heterocycles. The van der Waals surface area contributed by atoms with Crippen LogP contribution in [0.2, 0.25) is 0 Å². The average Bonchev–Trinajstić information content (AvgIpc) is 3.56. The Balaban J connectivity index is 1.70. The summed E-state index contributed by atoms with van der Waals surface area (Å²) in [6.45, 7) is 2.94. The van der Waals surface area contributed by atoms with Gasteiger partial charge in [-0.1, -0.05) is 12.8 Å². The van der Waals surface area contributed by atoms with Crippen molar-refractivity contribution in [1.29, 1.82) is 0 Å². The van der Waals surface area contributed by atoms with Crippen molar-refractivity contribution in [2.75, 3.05) is 25.1 Å². The Hall–Kier alpha value is -2.98. The number of hydrogen-bond donors (Lipinski definition) is 0. The third-order valence-electron chi connectivity index (χ3n) is 7.56. The number of alkyl halides is 6. The number of methoxy groups -OCH3 is 1. The van der Waals surface area contributed by atoms with Crippen molar-refractivity contribution in [3.05, 3.63) is 57.8 Å². The van der Waals surface area contributed by atoms with Crippen molar-refractivity contribution in [2.24, 2.45) is 5.92 Å². The first-order chi connectivity index (χ1) is 18.4. The fraction of sp³-hybridized carbons (Fsp3) is 0.571. The van der Waals surface area contributed by atoms with Crippen LogP contribution in [0, 0.1) is 5.92 Å². The van der Waals surface area contributed by atoms with Crippen LogP contribution in [-0.2, 0) is 43.0 Å². The van der Waals surface area contributed by atoms with Gasteiger partial charge in [-0.2, -0.15) is 26.3 Å². The Kier molecular flexibility index (Phi) is 8.66. The molecule has 0 unspecified atom stereocenters. The minimum atomic E-state index is -4.98. The predicted molar refractivity (Wildman–Crippen MR) is 134 cm³/mol. The second kappa shape index (κ2) is 11.6. The molecule has 214 valence electrons. The number of nitrogens with zero attached hydrogens (tertiary/aromatic N) is 3. The van der Waals surface area contributed by atoms with Gasteiger partial charge in [-0.05, 0) is 80.3 Å². The highest BCUT2D eigenvalue weighted by atomic mass is 19.4. The van der Waals surface area contributed by atoms with Gasteiger partial charge in [-0.25, -0.2) is 9.78 Å². The molecule has 2 aromatic rings. The summed E-state index contributed by atoms with van der Waals surface area (Å²) >= 11 is 0. The Morgan fingerprint density at radius 2 is 1.59 bits per heavy atom. The van der Waals surface area contributed by atoms with E-state index in [1.54, 1.807) is 0 Å². The number of carbonyl (C=O) groups is 1. The maximum atomic E-state index is 13.4. The van der Waals surface area contributed by atoms with Crippen LogP contribution in [-0.4, -0.2) is 36.2 Å². The van der Waals surface area contributed by atoms with Gasteiger partial charge < -0.3 is 9.64 Å². The van der Waals surface area contributed by atoms with Crippen LogP contribution in [0.5, 0.6) is 0 Å². The van der Waals surface area contributed by atoms with E-state index in [2.05, 4.69) is 4.90 Å². The van der Waals surface area contributed by atoms with Gasteiger partial charge >= 0.3 is 18.4 Å². The zero-order valence-electron chi connectivity index (χ0n) is 22.1. The first kappa shape index (κ1) is 29.0. The molecule has 0 N–H and O–H groups in total. The number of aromatic nitrogens is 1. The van der Waals surface area contributed by atoms with Crippen molar-refractivity contribution in [3.8, 4) is 0 Å². The van der Waals surface area contributed by atoms with Crippen molar-refractivity contribution in [2.45, 2.75) is 77.3 Å². The zero-order chi connectivity index (χ0) is 28.4. The second-order valence-corrected chi connectivity index (χ2v) is 10.4. The molecule has 5 nitrogen and oxygen atoms in total. The number of rotatable bonds is 8. The van der Waals surface area contributed by atoms with E-state index in [1.165, 1.54) is 12.8 Å². The topological polar surface area (TPSA) is 45.7 Å². The summed E-state index contributed by atoms with van der Waals surface area (Å²) in [6.07, 6.45) is -3.59. The van der Waals surface area contributed by atoms with Crippen LogP contribution in [0.4, 0.5) is 37.0 Å². The molecule has 1 saturated carbocycles. The normalized spacial score (nSPS) is 15.9. The van der Waals surface area contributed by atoms with Crippen molar-refractivity contribution in [1.82, 2.24) is 9.88 Å². The summed E-state index contributed by atoms with van der Waals surface area (Å²) in [5.41, 5.74) is -0.401. The first-order valence-electron chi connectivity index (χ1n) is 13.3. The first-order valence-corrected chi connectivity index (χ1v) is 13.3. The largest absolute Gasteiger partial charge is 0.453 e. The molecule has 0 radical (unpaired) electrons. The van der Waals surface area contributed by atoms with E-state index in [-0.39, 0.29) is 18.2 Å². The lowest BCUT2D eigenvalue weighted by Crippen LogP contribution is -2.34. The molecule has 0 bridgehead atoms. The summed E-state index contributed by atoms with van der Waals surface area (Å²) < 4.78 is 85.5. The maximum Gasteiger partial charge on any atom is 0.416 e. The van der Waals surface area contributed by atoms with Crippen molar-refractivity contribution < 1.29 is 35.9 Å². The van der Waals surface area contributed by atoms with E-state index in [9.17, 15) is 31.1 Å². The minimum absolute atomic E-state index is 0.0684. The molecule has 2 aliphatic rings. The van der Waals surface area contributed by atoms with Crippen LogP contribution in [0.3, 0.4) is 0 Å². The molecular weight excluding hydrogens is 524 g/mol. The van der Waals surface area contributed by atoms with Gasteiger partial charge in [0.05, 0.1) is 24.8 Å². The maximum absolute atomic E-state index is 13.4. The summed E-state index contributed by atoms with van der Waals surface area (Å²) in [5.74, 6) is 1.23. The summed E-state index contributed by atoms with van der Waals surface area (Å²) in [5, 5.41) is 0. The van der Waals surface area contributed by atoms with Crippen molar-refractivity contribution >= 4 is 11.9 Å². The monoisotopic (exact) mass is 557 g/mol. The van der Waals surface area contributed by atoms with Gasteiger partial charge in [0.15, 0.2) is 0 Å². The Labute approximate surface area is 224 Å². The lowest BCUT2D eigenvalue weighted by molar-refractivity contribution is -0.143. The molecular formula is C28H33F6N3O2. The Morgan fingerprint density at radius 3 is 2.15 bits per heavy atom. The number of hydrogen-bond acceptors (Lipinski definition) is 4. The number of fused-ring (bicyclic) bond motifs is 1. The lowest BCUT2D eigenvalue weighted by Gasteiger charge is -2.30. The molecule has 0 saturated heterocycles. The number of amides is 1. The summed E-state index contributed by atoms with van der Waals surface area (Å²) in [6, 6.07) is 3.35. The van der Waals surface area contributed by atoms with Gasteiger partial charge in [0.1, 0.15) is 5.82 Å². The van der Waals surface area contributed by atoms with Crippen molar-refractivity contribution in [3.63, 3.8) is 0 Å². The van der Waals surface area contributed by atoms with E-state index in [4.69, 9.17) is 9.72 Å². The van der Waals surface area contributed by atoms with E-state index in [0.717, 1.165) is 61.9 Å². The smallest absolute Gasteiger partial charge is 0.416 e. The molecule has 1 aromatic heterocycles. The molecule has 0 atom stereocenters. The molecule has 1 fully saturated rings. The number of benzene rings is 1. The van der Waals surface area contributed by atoms with Crippen LogP contribution in [0.1, 0.15) is 72.5 Å². The van der Waals surface area contributed by atoms with Gasteiger partial charge in [-0.15, -0.1) is 0 Å². The molecule has 0 aliphatic heterocycles. The molecule has 4 rings (SSSR count). The highest BCUT2D eigenvalue weighted by Gasteiger charge is 2.37. The van der Waals surface area contributed by atoms with Gasteiger partial charge in [-0.3, -0.25) is 4.90 Å². The van der Waals surface area contributed by atoms with Crippen LogP contribution in [0.15, 0.2) is 24.3 Å². The average molecular weight is 558 g/mol. The van der Waals surface area contributed by atoms with E-state index in [0.29, 0.717) is 36.0 Å². The molecule has 11 heteroatoms. The third-order valence-corrected chi connectivity index (χ3v) is 7.56. The minimum Gasteiger partial charge on any atom is -0.453 e. The fourth-order valence-corrected chi connectivity index (χ4v) is 5.62.